The molecular weight excluding hydrogens is 464 g/mol. The fraction of sp³-hybridized carbons (Fsp3) is 0.448. The number of rotatable bonds is 5. The Morgan fingerprint density at radius 1 is 1.03 bits per heavy atom. The summed E-state index contributed by atoms with van der Waals surface area (Å²) < 4.78 is 1.77. The molecule has 0 unspecified atom stereocenters. The maximum Gasteiger partial charge on any atom is 0.223 e. The topological polar surface area (TPSA) is 74.6 Å². The van der Waals surface area contributed by atoms with Gasteiger partial charge in [0, 0.05) is 76.7 Å². The number of aryl methyl sites for hydroxylation is 2. The highest BCUT2D eigenvalue weighted by atomic mass is 16.2. The molecule has 37 heavy (non-hydrogen) atoms. The summed E-state index contributed by atoms with van der Waals surface area (Å²) in [5.74, 6) is 0.167. The Balaban J connectivity index is 1.45. The van der Waals surface area contributed by atoms with Gasteiger partial charge < -0.3 is 9.80 Å². The molecule has 0 N–H and O–H groups in total. The highest BCUT2D eigenvalue weighted by Crippen LogP contribution is 2.32. The van der Waals surface area contributed by atoms with Gasteiger partial charge in [0.2, 0.25) is 11.8 Å². The first-order valence-corrected chi connectivity index (χ1v) is 13.2. The van der Waals surface area contributed by atoms with Crippen LogP contribution in [0.25, 0.3) is 0 Å². The highest BCUT2D eigenvalue weighted by molar-refractivity contribution is 5.92. The molecule has 2 amide bonds. The van der Waals surface area contributed by atoms with Crippen molar-refractivity contribution in [3.63, 3.8) is 0 Å². The number of hydrogen-bond donors (Lipinski definition) is 0. The molecule has 2 atom stereocenters. The smallest absolute Gasteiger partial charge is 0.223 e. The van der Waals surface area contributed by atoms with E-state index in [0.29, 0.717) is 38.5 Å². The first-order valence-electron chi connectivity index (χ1n) is 13.2. The average Bonchev–Trinajstić information content (AvgIpc) is 3.48. The molecule has 4 heterocycles. The van der Waals surface area contributed by atoms with E-state index in [4.69, 9.17) is 0 Å². The molecule has 194 valence electrons. The van der Waals surface area contributed by atoms with Crippen LogP contribution in [0.1, 0.15) is 49.4 Å². The first kappa shape index (κ1) is 25.1. The van der Waals surface area contributed by atoms with E-state index < -0.39 is 0 Å². The lowest BCUT2D eigenvalue weighted by Gasteiger charge is -2.33. The van der Waals surface area contributed by atoms with Crippen LogP contribution in [0, 0.1) is 0 Å². The molecule has 1 fully saturated rings. The molecule has 2 aliphatic rings. The lowest BCUT2D eigenvalue weighted by atomic mass is 10.1. The van der Waals surface area contributed by atoms with Gasteiger partial charge in [0.05, 0.1) is 11.9 Å². The van der Waals surface area contributed by atoms with Gasteiger partial charge >= 0.3 is 0 Å². The summed E-state index contributed by atoms with van der Waals surface area (Å²) in [6, 6.07) is 14.7. The highest BCUT2D eigenvalue weighted by Gasteiger charge is 2.36. The van der Waals surface area contributed by atoms with E-state index in [2.05, 4.69) is 27.1 Å². The molecule has 2 bridgehead atoms. The average molecular weight is 501 g/mol. The van der Waals surface area contributed by atoms with E-state index in [1.165, 1.54) is 0 Å². The summed E-state index contributed by atoms with van der Waals surface area (Å²) >= 11 is 0. The second-order valence-electron chi connectivity index (χ2n) is 10.3. The van der Waals surface area contributed by atoms with Crippen LogP contribution in [-0.4, -0.2) is 61.6 Å². The zero-order valence-corrected chi connectivity index (χ0v) is 21.8. The van der Waals surface area contributed by atoms with Crippen molar-refractivity contribution < 1.29 is 9.59 Å². The standard InChI is InChI=1S/C29H36N6O2/c1-22(36)34-16-14-26-11-12-27(35(26)20-25-8-5-6-15-30-25)21-33(19-24-7-3-4-9-28(24)34)29(37)13-10-23-17-31-32(2)18-23/h3-9,15,17-18,26-27H,10-14,16,19-21H2,1-2H3/t26-,27+/m0/s1. The number of pyridine rings is 1. The third kappa shape index (κ3) is 5.91. The molecule has 0 aliphatic carbocycles. The van der Waals surface area contributed by atoms with Gasteiger partial charge in [-0.2, -0.15) is 5.10 Å². The zero-order chi connectivity index (χ0) is 25.8. The van der Waals surface area contributed by atoms with Crippen molar-refractivity contribution in [3.05, 3.63) is 77.9 Å². The van der Waals surface area contributed by atoms with Gasteiger partial charge in [0.1, 0.15) is 0 Å². The first-order chi connectivity index (χ1) is 18.0. The lowest BCUT2D eigenvalue weighted by Crippen LogP contribution is -2.45. The lowest BCUT2D eigenvalue weighted by molar-refractivity contribution is -0.132. The second kappa shape index (κ2) is 11.3. The van der Waals surface area contributed by atoms with Crippen molar-refractivity contribution in [2.24, 2.45) is 7.05 Å². The predicted octanol–water partition coefficient (Wildman–Crippen LogP) is 3.57. The summed E-state index contributed by atoms with van der Waals surface area (Å²) in [6.45, 7) is 4.21. The zero-order valence-electron chi connectivity index (χ0n) is 21.8. The number of anilines is 1. The minimum Gasteiger partial charge on any atom is -0.337 e. The van der Waals surface area contributed by atoms with Crippen LogP contribution in [0.4, 0.5) is 5.69 Å². The van der Waals surface area contributed by atoms with E-state index in [9.17, 15) is 9.59 Å². The number of fused-ring (bicyclic) bond motifs is 3. The van der Waals surface area contributed by atoms with Gasteiger partial charge in [0.15, 0.2) is 0 Å². The minimum atomic E-state index is 0.0342. The molecule has 5 rings (SSSR count). The van der Waals surface area contributed by atoms with Crippen molar-refractivity contribution in [1.29, 1.82) is 0 Å². The van der Waals surface area contributed by atoms with Gasteiger partial charge in [-0.25, -0.2) is 0 Å². The van der Waals surface area contributed by atoms with Crippen molar-refractivity contribution in [3.8, 4) is 0 Å². The van der Waals surface area contributed by atoms with Crippen molar-refractivity contribution in [2.45, 2.75) is 64.2 Å². The van der Waals surface area contributed by atoms with Crippen LogP contribution in [0.15, 0.2) is 61.1 Å². The Hall–Kier alpha value is -3.52. The van der Waals surface area contributed by atoms with Crippen LogP contribution in [0.3, 0.4) is 0 Å². The summed E-state index contributed by atoms with van der Waals surface area (Å²) in [6.07, 6.45) is 9.72. The normalized spacial score (nSPS) is 20.4. The quantitative estimate of drug-likeness (QED) is 0.536. The Morgan fingerprint density at radius 2 is 1.84 bits per heavy atom. The Bertz CT molecular complexity index is 1230. The molecule has 3 aromatic rings. The van der Waals surface area contributed by atoms with Gasteiger partial charge in [-0.1, -0.05) is 24.3 Å². The largest absolute Gasteiger partial charge is 0.337 e. The second-order valence-corrected chi connectivity index (χ2v) is 10.3. The molecular formula is C29H36N6O2. The molecule has 8 heteroatoms. The van der Waals surface area contributed by atoms with Crippen LogP contribution in [0.2, 0.25) is 0 Å². The third-order valence-corrected chi connectivity index (χ3v) is 7.72. The van der Waals surface area contributed by atoms with E-state index >= 15 is 0 Å². The molecule has 1 aromatic carbocycles. The summed E-state index contributed by atoms with van der Waals surface area (Å²) in [7, 11) is 1.89. The molecule has 8 nitrogen and oxygen atoms in total. The number of amides is 2. The number of carbonyl (C=O) groups excluding carboxylic acids is 2. The van der Waals surface area contributed by atoms with Crippen LogP contribution >= 0.6 is 0 Å². The predicted molar refractivity (Wildman–Crippen MR) is 143 cm³/mol. The van der Waals surface area contributed by atoms with Crippen molar-refractivity contribution >= 4 is 17.5 Å². The Morgan fingerprint density at radius 3 is 2.59 bits per heavy atom. The van der Waals surface area contributed by atoms with Gasteiger partial charge in [-0.3, -0.25) is 24.2 Å². The van der Waals surface area contributed by atoms with E-state index in [-0.39, 0.29) is 17.9 Å². The number of hydrogen-bond acceptors (Lipinski definition) is 5. The minimum absolute atomic E-state index is 0.0342. The molecule has 0 spiro atoms. The number of carbonyl (C=O) groups is 2. The molecule has 1 saturated heterocycles. The SMILES string of the molecule is CC(=O)N1CC[C@@H]2CC[C@H](CN(C(=O)CCc3cnn(C)c3)Cc3ccccc31)N2Cc1ccccn1. The molecule has 0 radical (unpaired) electrons. The van der Waals surface area contributed by atoms with Gasteiger partial charge in [0.25, 0.3) is 0 Å². The van der Waals surface area contributed by atoms with Crippen LogP contribution in [0.5, 0.6) is 0 Å². The Kier molecular flexibility index (Phi) is 7.65. The van der Waals surface area contributed by atoms with Gasteiger partial charge in [-0.15, -0.1) is 0 Å². The van der Waals surface area contributed by atoms with Gasteiger partial charge in [-0.05, 0) is 55.0 Å². The van der Waals surface area contributed by atoms with E-state index in [0.717, 1.165) is 48.3 Å². The fourth-order valence-corrected chi connectivity index (χ4v) is 5.82. The van der Waals surface area contributed by atoms with Crippen molar-refractivity contribution in [1.82, 2.24) is 24.6 Å². The summed E-state index contributed by atoms with van der Waals surface area (Å²) in [4.78, 5) is 37.5. The van der Waals surface area contributed by atoms with Crippen LogP contribution < -0.4 is 4.90 Å². The number of benzene rings is 1. The third-order valence-electron chi connectivity index (χ3n) is 7.72. The monoisotopic (exact) mass is 500 g/mol. The Labute approximate surface area is 218 Å². The number of para-hydroxylation sites is 1. The van der Waals surface area contributed by atoms with E-state index in [1.54, 1.807) is 11.6 Å². The molecule has 2 aliphatic heterocycles. The number of aromatic nitrogens is 3. The molecule has 0 saturated carbocycles. The van der Waals surface area contributed by atoms with Crippen LogP contribution in [-0.2, 0) is 36.1 Å². The summed E-state index contributed by atoms with van der Waals surface area (Å²) in [5.41, 5.74) is 4.03. The fourth-order valence-electron chi connectivity index (χ4n) is 5.82. The summed E-state index contributed by atoms with van der Waals surface area (Å²) in [5, 5.41) is 4.24. The number of nitrogens with zero attached hydrogens (tertiary/aromatic N) is 6. The maximum absolute atomic E-state index is 13.7. The van der Waals surface area contributed by atoms with Crippen molar-refractivity contribution in [2.75, 3.05) is 18.0 Å². The maximum atomic E-state index is 13.7. The van der Waals surface area contributed by atoms with E-state index in [1.807, 2.05) is 65.8 Å². The molecule has 2 aromatic heterocycles.